The lowest BCUT2D eigenvalue weighted by Crippen LogP contribution is -2.37. The van der Waals surface area contributed by atoms with Gasteiger partial charge in [0, 0.05) is 37.4 Å². The molecule has 30 heavy (non-hydrogen) atoms. The quantitative estimate of drug-likeness (QED) is 0.830. The van der Waals surface area contributed by atoms with Crippen LogP contribution in [-0.2, 0) is 18.4 Å². The predicted octanol–water partition coefficient (Wildman–Crippen LogP) is 4.27. The van der Waals surface area contributed by atoms with Gasteiger partial charge in [0.1, 0.15) is 5.82 Å². The van der Waals surface area contributed by atoms with E-state index in [0.717, 1.165) is 25.3 Å². The number of rotatable bonds is 3. The molecule has 3 aliphatic rings. The Kier molecular flexibility index (Phi) is 4.89. The number of nitrogens with zero attached hydrogens (tertiary/aromatic N) is 3. The van der Waals surface area contributed by atoms with Crippen molar-refractivity contribution in [3.8, 4) is 0 Å². The molecule has 2 aliphatic heterocycles. The Bertz CT molecular complexity index is 950. The first kappa shape index (κ1) is 19.7. The summed E-state index contributed by atoms with van der Waals surface area (Å²) >= 11 is 0. The van der Waals surface area contributed by atoms with E-state index in [1.807, 2.05) is 4.90 Å². The van der Waals surface area contributed by atoms with Gasteiger partial charge in [-0.05, 0) is 66.3 Å². The molecule has 1 aromatic heterocycles. The maximum atomic E-state index is 13.2. The summed E-state index contributed by atoms with van der Waals surface area (Å²) in [6.07, 6.45) is 9.08. The second-order valence-corrected chi connectivity index (χ2v) is 10.2. The normalized spacial score (nSPS) is 21.6. The standard InChI is InChI=1S/C25H32N4O/c1-25(2,3)19-11-17-8-10-29(15-21(17)20(12-19)22-5-4-9-26-22)24(30)18-13-27-23(28-14-18)16-6-7-16/h11-14,16,22,26H,4-10,15H2,1-3H3/t22-/m0/s1. The summed E-state index contributed by atoms with van der Waals surface area (Å²) in [6.45, 7) is 9.35. The molecule has 3 heterocycles. The van der Waals surface area contributed by atoms with Gasteiger partial charge < -0.3 is 10.2 Å². The number of fused-ring (bicyclic) bond motifs is 1. The fourth-order valence-corrected chi connectivity index (χ4v) is 4.75. The summed E-state index contributed by atoms with van der Waals surface area (Å²) in [5, 5.41) is 3.68. The van der Waals surface area contributed by atoms with Gasteiger partial charge in [0.15, 0.2) is 0 Å². The number of hydrogen-bond donors (Lipinski definition) is 1. The van der Waals surface area contributed by atoms with Crippen LogP contribution in [-0.4, -0.2) is 33.9 Å². The van der Waals surface area contributed by atoms with Crippen LogP contribution in [0.4, 0.5) is 0 Å². The Hall–Kier alpha value is -2.27. The monoisotopic (exact) mass is 404 g/mol. The first-order valence-corrected chi connectivity index (χ1v) is 11.4. The van der Waals surface area contributed by atoms with Gasteiger partial charge >= 0.3 is 0 Å². The molecule has 1 aliphatic carbocycles. The molecular weight excluding hydrogens is 372 g/mol. The van der Waals surface area contributed by atoms with Crippen LogP contribution in [0.1, 0.15) is 96.9 Å². The third-order valence-electron chi connectivity index (χ3n) is 6.83. The molecular formula is C25H32N4O. The van der Waals surface area contributed by atoms with E-state index in [0.29, 0.717) is 24.1 Å². The van der Waals surface area contributed by atoms with Gasteiger partial charge in [0.2, 0.25) is 0 Å². The molecule has 2 aromatic rings. The summed E-state index contributed by atoms with van der Waals surface area (Å²) in [7, 11) is 0. The fourth-order valence-electron chi connectivity index (χ4n) is 4.75. The summed E-state index contributed by atoms with van der Waals surface area (Å²) in [4.78, 5) is 24.1. The van der Waals surface area contributed by atoms with Crippen LogP contribution in [0.25, 0.3) is 0 Å². The molecule has 2 fully saturated rings. The minimum absolute atomic E-state index is 0.0493. The summed E-state index contributed by atoms with van der Waals surface area (Å²) in [5.74, 6) is 1.45. The van der Waals surface area contributed by atoms with Crippen molar-refractivity contribution in [2.45, 2.75) is 76.8 Å². The number of amides is 1. The molecule has 1 N–H and O–H groups in total. The number of carbonyl (C=O) groups is 1. The van der Waals surface area contributed by atoms with Gasteiger partial charge in [0.05, 0.1) is 5.56 Å². The van der Waals surface area contributed by atoms with Crippen molar-refractivity contribution in [3.05, 3.63) is 58.2 Å². The summed E-state index contributed by atoms with van der Waals surface area (Å²) in [6, 6.07) is 5.17. The van der Waals surface area contributed by atoms with E-state index >= 15 is 0 Å². The molecule has 0 unspecified atom stereocenters. The molecule has 0 radical (unpaired) electrons. The number of aromatic nitrogens is 2. The summed E-state index contributed by atoms with van der Waals surface area (Å²) < 4.78 is 0. The van der Waals surface area contributed by atoms with Gasteiger partial charge in [-0.3, -0.25) is 4.79 Å². The topological polar surface area (TPSA) is 58.1 Å². The van der Waals surface area contributed by atoms with E-state index in [9.17, 15) is 4.79 Å². The Morgan fingerprint density at radius 2 is 1.90 bits per heavy atom. The van der Waals surface area contributed by atoms with Crippen molar-refractivity contribution >= 4 is 5.91 Å². The maximum Gasteiger partial charge on any atom is 0.257 e. The Morgan fingerprint density at radius 3 is 2.53 bits per heavy atom. The third-order valence-corrected chi connectivity index (χ3v) is 6.83. The Morgan fingerprint density at radius 1 is 1.13 bits per heavy atom. The van der Waals surface area contributed by atoms with Crippen molar-refractivity contribution in [1.29, 1.82) is 0 Å². The van der Waals surface area contributed by atoms with Crippen molar-refractivity contribution in [2.24, 2.45) is 0 Å². The highest BCUT2D eigenvalue weighted by atomic mass is 16.2. The third kappa shape index (κ3) is 3.76. The van der Waals surface area contributed by atoms with Crippen LogP contribution in [0.3, 0.4) is 0 Å². The molecule has 0 bridgehead atoms. The number of nitrogens with one attached hydrogen (secondary N) is 1. The average Bonchev–Trinajstić information content (AvgIpc) is 3.45. The highest BCUT2D eigenvalue weighted by Gasteiger charge is 2.30. The molecule has 5 rings (SSSR count). The van der Waals surface area contributed by atoms with E-state index in [1.165, 1.54) is 47.9 Å². The van der Waals surface area contributed by atoms with Crippen LogP contribution in [0, 0.1) is 0 Å². The van der Waals surface area contributed by atoms with Crippen molar-refractivity contribution in [2.75, 3.05) is 13.1 Å². The second kappa shape index (κ2) is 7.45. The zero-order valence-electron chi connectivity index (χ0n) is 18.4. The number of hydrogen-bond acceptors (Lipinski definition) is 4. The van der Waals surface area contributed by atoms with E-state index in [2.05, 4.69) is 48.2 Å². The molecule has 0 spiro atoms. The lowest BCUT2D eigenvalue weighted by Gasteiger charge is -2.34. The average molecular weight is 405 g/mol. The van der Waals surface area contributed by atoms with Crippen molar-refractivity contribution in [3.63, 3.8) is 0 Å². The molecule has 1 aromatic carbocycles. The Balaban J connectivity index is 1.44. The highest BCUT2D eigenvalue weighted by Crippen LogP contribution is 2.38. The smallest absolute Gasteiger partial charge is 0.257 e. The van der Waals surface area contributed by atoms with E-state index in [1.54, 1.807) is 12.4 Å². The van der Waals surface area contributed by atoms with Crippen LogP contribution in [0.15, 0.2) is 24.5 Å². The van der Waals surface area contributed by atoms with E-state index in [4.69, 9.17) is 0 Å². The van der Waals surface area contributed by atoms with Gasteiger partial charge in [-0.2, -0.15) is 0 Å². The zero-order chi connectivity index (χ0) is 20.9. The van der Waals surface area contributed by atoms with E-state index < -0.39 is 0 Å². The lowest BCUT2D eigenvalue weighted by molar-refractivity contribution is 0.0733. The highest BCUT2D eigenvalue weighted by molar-refractivity contribution is 5.93. The SMILES string of the molecule is CC(C)(C)c1cc2c(c([C@@H]3CCCN3)c1)CN(C(=O)c1cnc(C3CC3)nc1)CC2. The molecule has 5 nitrogen and oxygen atoms in total. The first-order chi connectivity index (χ1) is 14.4. The minimum atomic E-state index is 0.0493. The lowest BCUT2D eigenvalue weighted by atomic mass is 9.80. The van der Waals surface area contributed by atoms with Crippen LogP contribution < -0.4 is 5.32 Å². The van der Waals surface area contributed by atoms with Crippen LogP contribution >= 0.6 is 0 Å². The predicted molar refractivity (Wildman–Crippen MR) is 118 cm³/mol. The van der Waals surface area contributed by atoms with Gasteiger partial charge in [-0.15, -0.1) is 0 Å². The molecule has 1 amide bonds. The zero-order valence-corrected chi connectivity index (χ0v) is 18.4. The molecule has 5 heteroatoms. The van der Waals surface area contributed by atoms with Crippen LogP contribution in [0.5, 0.6) is 0 Å². The Labute approximate surface area is 179 Å². The largest absolute Gasteiger partial charge is 0.334 e. The molecule has 1 saturated heterocycles. The maximum absolute atomic E-state index is 13.2. The molecule has 1 saturated carbocycles. The fraction of sp³-hybridized carbons (Fsp3) is 0.560. The summed E-state index contributed by atoms with van der Waals surface area (Å²) in [5.41, 5.74) is 6.28. The van der Waals surface area contributed by atoms with Crippen molar-refractivity contribution < 1.29 is 4.79 Å². The van der Waals surface area contributed by atoms with Gasteiger partial charge in [-0.1, -0.05) is 32.9 Å². The second-order valence-electron chi connectivity index (χ2n) is 10.2. The first-order valence-electron chi connectivity index (χ1n) is 11.4. The van der Waals surface area contributed by atoms with Crippen LogP contribution in [0.2, 0.25) is 0 Å². The van der Waals surface area contributed by atoms with Gasteiger partial charge in [-0.25, -0.2) is 9.97 Å². The number of carbonyl (C=O) groups excluding carboxylic acids is 1. The number of benzene rings is 1. The van der Waals surface area contributed by atoms with E-state index in [-0.39, 0.29) is 11.3 Å². The molecule has 1 atom stereocenters. The molecule has 158 valence electrons. The minimum Gasteiger partial charge on any atom is -0.334 e. The van der Waals surface area contributed by atoms with Gasteiger partial charge in [0.25, 0.3) is 5.91 Å². The van der Waals surface area contributed by atoms with Crippen molar-refractivity contribution in [1.82, 2.24) is 20.2 Å².